The van der Waals surface area contributed by atoms with Crippen molar-refractivity contribution in [3.05, 3.63) is 29.3 Å². The topological polar surface area (TPSA) is 46.0 Å². The number of rotatable bonds is 5. The fourth-order valence-corrected chi connectivity index (χ4v) is 3.11. The summed E-state index contributed by atoms with van der Waals surface area (Å²) < 4.78 is 2.22. The lowest BCUT2D eigenvalue weighted by atomic mass is 10.4. The lowest BCUT2D eigenvalue weighted by Crippen LogP contribution is -2.33. The molecule has 2 aromatic rings. The summed E-state index contributed by atoms with van der Waals surface area (Å²) in [5, 5.41) is 6.65. The zero-order valence-electron chi connectivity index (χ0n) is 11.2. The van der Waals surface area contributed by atoms with Crippen LogP contribution in [0.1, 0.15) is 24.9 Å². The molecular weight excluding hydrogens is 258 g/mol. The van der Waals surface area contributed by atoms with Crippen LogP contribution in [0.5, 0.6) is 0 Å². The predicted octanol–water partition coefficient (Wildman–Crippen LogP) is 1.86. The van der Waals surface area contributed by atoms with E-state index in [1.54, 1.807) is 11.3 Å². The van der Waals surface area contributed by atoms with Gasteiger partial charge in [-0.15, -0.1) is 11.3 Å². The van der Waals surface area contributed by atoms with Gasteiger partial charge in [0.25, 0.3) is 0 Å². The second kappa shape index (κ2) is 5.71. The number of anilines is 1. The van der Waals surface area contributed by atoms with Crippen LogP contribution >= 0.6 is 11.3 Å². The highest BCUT2D eigenvalue weighted by atomic mass is 32.1. The Morgan fingerprint density at radius 1 is 1.42 bits per heavy atom. The van der Waals surface area contributed by atoms with Gasteiger partial charge in [0.05, 0.1) is 12.2 Å². The minimum Gasteiger partial charge on any atom is -0.339 e. The summed E-state index contributed by atoms with van der Waals surface area (Å²) in [7, 11) is 0. The summed E-state index contributed by atoms with van der Waals surface area (Å²) in [5.74, 6) is 1.13. The third-order valence-corrected chi connectivity index (χ3v) is 4.24. The zero-order valence-corrected chi connectivity index (χ0v) is 12.0. The zero-order chi connectivity index (χ0) is 13.1. The number of hydrogen-bond acceptors (Lipinski definition) is 5. The Morgan fingerprint density at radius 2 is 2.37 bits per heavy atom. The largest absolute Gasteiger partial charge is 0.339 e. The van der Waals surface area contributed by atoms with Crippen LogP contribution in [0.2, 0.25) is 0 Å². The van der Waals surface area contributed by atoms with Crippen LogP contribution in [-0.4, -0.2) is 27.6 Å². The molecule has 1 aliphatic rings. The van der Waals surface area contributed by atoms with Gasteiger partial charge >= 0.3 is 0 Å². The molecule has 2 aromatic heterocycles. The highest BCUT2D eigenvalue weighted by molar-refractivity contribution is 7.13. The molecule has 3 heterocycles. The number of nitrogens with zero attached hydrogens (tertiary/aromatic N) is 4. The summed E-state index contributed by atoms with van der Waals surface area (Å²) in [4.78, 5) is 11.4. The Morgan fingerprint density at radius 3 is 3.26 bits per heavy atom. The molecule has 0 radical (unpaired) electrons. The first-order chi connectivity index (χ1) is 9.36. The van der Waals surface area contributed by atoms with E-state index in [9.17, 15) is 0 Å². The van der Waals surface area contributed by atoms with E-state index in [0.29, 0.717) is 0 Å². The van der Waals surface area contributed by atoms with Gasteiger partial charge in [-0.05, 0) is 13.0 Å². The minimum atomic E-state index is 0.863. The molecule has 6 heteroatoms. The van der Waals surface area contributed by atoms with Gasteiger partial charge in [0.1, 0.15) is 5.82 Å². The molecule has 0 aliphatic carbocycles. The molecule has 102 valence electrons. The van der Waals surface area contributed by atoms with Crippen LogP contribution in [-0.2, 0) is 19.6 Å². The maximum Gasteiger partial charge on any atom is 0.186 e. The summed E-state index contributed by atoms with van der Waals surface area (Å²) in [6.07, 6.45) is 5.08. The summed E-state index contributed by atoms with van der Waals surface area (Å²) in [5.41, 5.74) is 1.14. The molecule has 1 aliphatic heterocycles. The van der Waals surface area contributed by atoms with Gasteiger partial charge in [-0.3, -0.25) is 0 Å². The maximum absolute atomic E-state index is 4.71. The third-order valence-electron chi connectivity index (χ3n) is 3.29. The normalized spacial score (nSPS) is 14.7. The SMILES string of the molecule is CCCNCc1csc(N2CCn3ccnc3C2)n1. The molecule has 0 fully saturated rings. The van der Waals surface area contributed by atoms with Crippen molar-refractivity contribution in [2.45, 2.75) is 33.0 Å². The second-order valence-corrected chi connectivity index (χ2v) is 5.59. The Balaban J connectivity index is 1.64. The molecule has 0 bridgehead atoms. The molecule has 1 N–H and O–H groups in total. The van der Waals surface area contributed by atoms with Crippen molar-refractivity contribution in [3.8, 4) is 0 Å². The van der Waals surface area contributed by atoms with E-state index in [1.807, 2.05) is 6.20 Å². The average Bonchev–Trinajstić information content (AvgIpc) is 3.06. The monoisotopic (exact) mass is 277 g/mol. The molecule has 0 aromatic carbocycles. The van der Waals surface area contributed by atoms with E-state index in [1.165, 1.54) is 0 Å². The van der Waals surface area contributed by atoms with Gasteiger partial charge < -0.3 is 14.8 Å². The summed E-state index contributed by atoms with van der Waals surface area (Å²) in [6.45, 7) is 6.97. The van der Waals surface area contributed by atoms with Crippen molar-refractivity contribution >= 4 is 16.5 Å². The lowest BCUT2D eigenvalue weighted by molar-refractivity contribution is 0.558. The quantitative estimate of drug-likeness (QED) is 0.847. The van der Waals surface area contributed by atoms with Gasteiger partial charge in [-0.1, -0.05) is 6.92 Å². The molecule has 0 atom stereocenters. The number of aromatic nitrogens is 3. The summed E-state index contributed by atoms with van der Waals surface area (Å²) in [6, 6.07) is 0. The van der Waals surface area contributed by atoms with Crippen LogP contribution in [0.4, 0.5) is 5.13 Å². The number of imidazole rings is 1. The smallest absolute Gasteiger partial charge is 0.186 e. The number of hydrogen-bond donors (Lipinski definition) is 1. The van der Waals surface area contributed by atoms with E-state index in [4.69, 9.17) is 4.98 Å². The van der Waals surface area contributed by atoms with E-state index in [-0.39, 0.29) is 0 Å². The van der Waals surface area contributed by atoms with Crippen LogP contribution < -0.4 is 10.2 Å². The highest BCUT2D eigenvalue weighted by Gasteiger charge is 2.19. The maximum atomic E-state index is 4.71. The van der Waals surface area contributed by atoms with Gasteiger partial charge in [-0.25, -0.2) is 9.97 Å². The molecule has 0 saturated carbocycles. The molecular formula is C13H19N5S. The molecule has 5 nitrogen and oxygen atoms in total. The first kappa shape index (κ1) is 12.6. The van der Waals surface area contributed by atoms with Crippen LogP contribution in [0.15, 0.2) is 17.8 Å². The molecule has 3 rings (SSSR count). The van der Waals surface area contributed by atoms with Crippen molar-refractivity contribution in [1.29, 1.82) is 0 Å². The van der Waals surface area contributed by atoms with Gasteiger partial charge in [0.2, 0.25) is 0 Å². The van der Waals surface area contributed by atoms with Crippen LogP contribution in [0.3, 0.4) is 0 Å². The Labute approximate surface area is 117 Å². The van der Waals surface area contributed by atoms with E-state index >= 15 is 0 Å². The third kappa shape index (κ3) is 2.79. The Bertz CT molecular complexity index is 533. The number of nitrogens with one attached hydrogen (secondary N) is 1. The molecule has 19 heavy (non-hydrogen) atoms. The van der Waals surface area contributed by atoms with Gasteiger partial charge in [-0.2, -0.15) is 0 Å². The van der Waals surface area contributed by atoms with Crippen LogP contribution in [0.25, 0.3) is 0 Å². The Hall–Kier alpha value is -1.40. The van der Waals surface area contributed by atoms with Crippen molar-refractivity contribution in [2.24, 2.45) is 0 Å². The second-order valence-electron chi connectivity index (χ2n) is 4.76. The fourth-order valence-electron chi connectivity index (χ4n) is 2.25. The van der Waals surface area contributed by atoms with Crippen molar-refractivity contribution < 1.29 is 0 Å². The van der Waals surface area contributed by atoms with Crippen molar-refractivity contribution in [1.82, 2.24) is 19.9 Å². The van der Waals surface area contributed by atoms with Crippen LogP contribution in [0, 0.1) is 0 Å². The van der Waals surface area contributed by atoms with E-state index < -0.39 is 0 Å². The lowest BCUT2D eigenvalue weighted by Gasteiger charge is -2.27. The number of fused-ring (bicyclic) bond motifs is 1. The van der Waals surface area contributed by atoms with E-state index in [0.717, 1.165) is 55.8 Å². The standard InChI is InChI=1S/C13H19N5S/c1-2-3-14-8-11-10-19-13(16-11)18-7-6-17-5-4-15-12(17)9-18/h4-5,10,14H,2-3,6-9H2,1H3. The highest BCUT2D eigenvalue weighted by Crippen LogP contribution is 2.24. The summed E-state index contributed by atoms with van der Waals surface area (Å²) >= 11 is 1.73. The fraction of sp³-hybridized carbons (Fsp3) is 0.538. The minimum absolute atomic E-state index is 0.863. The molecule has 0 saturated heterocycles. The molecule has 0 amide bonds. The van der Waals surface area contributed by atoms with Gasteiger partial charge in [0, 0.05) is 37.4 Å². The van der Waals surface area contributed by atoms with E-state index in [2.05, 4.69) is 38.3 Å². The average molecular weight is 277 g/mol. The van der Waals surface area contributed by atoms with Crippen molar-refractivity contribution in [2.75, 3.05) is 18.0 Å². The van der Waals surface area contributed by atoms with Gasteiger partial charge in [0.15, 0.2) is 5.13 Å². The predicted molar refractivity (Wildman–Crippen MR) is 77.4 cm³/mol. The Kier molecular flexibility index (Phi) is 3.79. The first-order valence-electron chi connectivity index (χ1n) is 6.77. The molecule has 0 spiro atoms. The number of thiazole rings is 1. The van der Waals surface area contributed by atoms with Crippen molar-refractivity contribution in [3.63, 3.8) is 0 Å². The molecule has 0 unspecified atom stereocenters. The first-order valence-corrected chi connectivity index (χ1v) is 7.65.